The van der Waals surface area contributed by atoms with E-state index in [9.17, 15) is 9.18 Å². The summed E-state index contributed by atoms with van der Waals surface area (Å²) in [6.45, 7) is 0.943. The van der Waals surface area contributed by atoms with Crippen molar-refractivity contribution < 1.29 is 18.6 Å². The van der Waals surface area contributed by atoms with Gasteiger partial charge in [-0.15, -0.1) is 0 Å². The Bertz CT molecular complexity index is 997. The van der Waals surface area contributed by atoms with Crippen molar-refractivity contribution >= 4 is 0 Å². The molecule has 0 aliphatic carbocycles. The Hall–Kier alpha value is -3.19. The van der Waals surface area contributed by atoms with Gasteiger partial charge in [-0.2, -0.15) is 9.78 Å². The highest BCUT2D eigenvalue weighted by Gasteiger charge is 2.15. The molecule has 3 aromatic rings. The van der Waals surface area contributed by atoms with Crippen molar-refractivity contribution in [3.05, 3.63) is 82.5 Å². The van der Waals surface area contributed by atoms with E-state index in [-0.39, 0.29) is 24.3 Å². The van der Waals surface area contributed by atoms with Crippen molar-refractivity contribution in [3.8, 4) is 17.2 Å². The van der Waals surface area contributed by atoms with Crippen molar-refractivity contribution in [3.63, 3.8) is 0 Å². The molecule has 2 heterocycles. The van der Waals surface area contributed by atoms with Crippen LogP contribution in [0.5, 0.6) is 11.5 Å². The second-order valence-electron chi connectivity index (χ2n) is 6.76. The molecule has 4 rings (SSSR count). The Morgan fingerprint density at radius 3 is 2.55 bits per heavy atom. The van der Waals surface area contributed by atoms with Crippen LogP contribution in [0.2, 0.25) is 0 Å². The molecule has 0 radical (unpaired) electrons. The maximum atomic E-state index is 12.9. The second-order valence-corrected chi connectivity index (χ2v) is 6.76. The van der Waals surface area contributed by atoms with Crippen LogP contribution in [0.1, 0.15) is 24.8 Å². The summed E-state index contributed by atoms with van der Waals surface area (Å²) in [5, 5.41) is 4.17. The maximum absolute atomic E-state index is 12.9. The van der Waals surface area contributed by atoms with Crippen molar-refractivity contribution in [1.82, 2.24) is 9.78 Å². The first-order chi connectivity index (χ1) is 14.2. The molecule has 29 heavy (non-hydrogen) atoms. The molecule has 1 unspecified atom stereocenters. The fourth-order valence-corrected chi connectivity index (χ4v) is 3.03. The Labute approximate surface area is 167 Å². The third kappa shape index (κ3) is 5.00. The third-order valence-corrected chi connectivity index (χ3v) is 4.58. The molecular formula is C22H21FN2O4. The van der Waals surface area contributed by atoms with Crippen molar-refractivity contribution in [1.29, 1.82) is 0 Å². The fourth-order valence-electron chi connectivity index (χ4n) is 3.03. The molecule has 7 heteroatoms. The molecular weight excluding hydrogens is 375 g/mol. The van der Waals surface area contributed by atoms with E-state index in [1.54, 1.807) is 36.4 Å². The van der Waals surface area contributed by atoms with E-state index >= 15 is 0 Å². The highest BCUT2D eigenvalue weighted by atomic mass is 19.1. The van der Waals surface area contributed by atoms with E-state index in [1.807, 2.05) is 0 Å². The largest absolute Gasteiger partial charge is 0.487 e. The standard InChI is InChI=1S/C22H21FN2O4/c23-17-6-4-16(5-7-17)15-28-20-13-21(26)25(24-14-20)18-8-10-19(11-9-18)29-22-3-1-2-12-27-22/h4-11,13-14,22H,1-3,12,15H2. The molecule has 1 aliphatic heterocycles. The van der Waals surface area contributed by atoms with Gasteiger partial charge in [0.15, 0.2) is 6.29 Å². The normalized spacial score (nSPS) is 16.4. The number of aromatic nitrogens is 2. The van der Waals surface area contributed by atoms with Gasteiger partial charge in [-0.1, -0.05) is 12.1 Å². The van der Waals surface area contributed by atoms with Crippen LogP contribution in [-0.2, 0) is 11.3 Å². The lowest BCUT2D eigenvalue weighted by Gasteiger charge is -2.23. The number of hydrogen-bond donors (Lipinski definition) is 0. The minimum absolute atomic E-state index is 0.215. The highest BCUT2D eigenvalue weighted by Crippen LogP contribution is 2.20. The van der Waals surface area contributed by atoms with Crippen LogP contribution in [0.3, 0.4) is 0 Å². The lowest BCUT2D eigenvalue weighted by Crippen LogP contribution is -2.25. The Morgan fingerprint density at radius 2 is 1.86 bits per heavy atom. The molecule has 2 aromatic carbocycles. The van der Waals surface area contributed by atoms with Crippen LogP contribution < -0.4 is 15.0 Å². The molecule has 1 atom stereocenters. The Balaban J connectivity index is 1.40. The molecule has 1 aromatic heterocycles. The first-order valence-corrected chi connectivity index (χ1v) is 9.53. The van der Waals surface area contributed by atoms with Gasteiger partial charge in [0.05, 0.1) is 18.5 Å². The minimum atomic E-state index is -0.314. The summed E-state index contributed by atoms with van der Waals surface area (Å²) >= 11 is 0. The quantitative estimate of drug-likeness (QED) is 0.633. The summed E-state index contributed by atoms with van der Waals surface area (Å²) in [5.41, 5.74) is 1.11. The molecule has 1 aliphatic rings. The van der Waals surface area contributed by atoms with E-state index in [4.69, 9.17) is 14.2 Å². The molecule has 1 fully saturated rings. The lowest BCUT2D eigenvalue weighted by atomic mass is 10.2. The van der Waals surface area contributed by atoms with Crippen LogP contribution in [0.15, 0.2) is 65.6 Å². The molecule has 0 N–H and O–H groups in total. The van der Waals surface area contributed by atoms with Crippen LogP contribution in [0.4, 0.5) is 4.39 Å². The predicted octanol–water partition coefficient (Wildman–Crippen LogP) is 3.86. The maximum Gasteiger partial charge on any atom is 0.275 e. The van der Waals surface area contributed by atoms with Gasteiger partial charge >= 0.3 is 0 Å². The highest BCUT2D eigenvalue weighted by molar-refractivity contribution is 5.37. The van der Waals surface area contributed by atoms with E-state index in [1.165, 1.54) is 29.1 Å². The summed E-state index contributed by atoms with van der Waals surface area (Å²) in [7, 11) is 0. The van der Waals surface area contributed by atoms with Crippen LogP contribution in [0.25, 0.3) is 5.69 Å². The van der Waals surface area contributed by atoms with Crippen LogP contribution in [0, 0.1) is 5.82 Å². The number of rotatable bonds is 6. The van der Waals surface area contributed by atoms with Gasteiger partial charge in [0.25, 0.3) is 5.56 Å². The van der Waals surface area contributed by atoms with Gasteiger partial charge in [0.1, 0.15) is 23.9 Å². The van der Waals surface area contributed by atoms with E-state index < -0.39 is 0 Å². The summed E-state index contributed by atoms with van der Waals surface area (Å²) in [6.07, 6.45) is 4.30. The van der Waals surface area contributed by atoms with E-state index in [0.29, 0.717) is 17.2 Å². The Kier molecular flexibility index (Phi) is 5.86. The average Bonchev–Trinajstić information content (AvgIpc) is 2.75. The van der Waals surface area contributed by atoms with Crippen molar-refractivity contribution in [2.45, 2.75) is 32.2 Å². The fraction of sp³-hybridized carbons (Fsp3) is 0.273. The zero-order chi connectivity index (χ0) is 20.1. The van der Waals surface area contributed by atoms with Crippen molar-refractivity contribution in [2.24, 2.45) is 0 Å². The summed E-state index contributed by atoms with van der Waals surface area (Å²) < 4.78 is 31.2. The number of benzene rings is 2. The number of hydrogen-bond acceptors (Lipinski definition) is 5. The molecule has 0 amide bonds. The molecule has 0 saturated carbocycles. The summed E-state index contributed by atoms with van der Waals surface area (Å²) in [6, 6.07) is 14.5. The minimum Gasteiger partial charge on any atom is -0.487 e. The van der Waals surface area contributed by atoms with E-state index in [2.05, 4.69) is 5.10 Å². The monoisotopic (exact) mass is 396 g/mol. The molecule has 150 valence electrons. The zero-order valence-corrected chi connectivity index (χ0v) is 15.8. The van der Waals surface area contributed by atoms with Crippen LogP contribution >= 0.6 is 0 Å². The van der Waals surface area contributed by atoms with Gasteiger partial charge in [0.2, 0.25) is 0 Å². The first kappa shape index (κ1) is 19.1. The summed E-state index contributed by atoms with van der Waals surface area (Å²) in [5.74, 6) is 0.735. The number of nitrogens with zero attached hydrogens (tertiary/aromatic N) is 2. The van der Waals surface area contributed by atoms with Gasteiger partial charge in [-0.25, -0.2) is 4.39 Å². The first-order valence-electron chi connectivity index (χ1n) is 9.53. The van der Waals surface area contributed by atoms with Crippen molar-refractivity contribution in [2.75, 3.05) is 6.61 Å². The third-order valence-electron chi connectivity index (χ3n) is 4.58. The predicted molar refractivity (Wildman–Crippen MR) is 105 cm³/mol. The molecule has 0 bridgehead atoms. The van der Waals surface area contributed by atoms with Gasteiger partial charge in [0, 0.05) is 12.5 Å². The smallest absolute Gasteiger partial charge is 0.275 e. The van der Waals surface area contributed by atoms with Gasteiger partial charge in [-0.3, -0.25) is 4.79 Å². The SMILES string of the molecule is O=c1cc(OCc2ccc(F)cc2)cnn1-c1ccc(OC2CCCCO2)cc1. The molecule has 6 nitrogen and oxygen atoms in total. The average molecular weight is 396 g/mol. The zero-order valence-electron chi connectivity index (χ0n) is 15.8. The van der Waals surface area contributed by atoms with Gasteiger partial charge < -0.3 is 14.2 Å². The van der Waals surface area contributed by atoms with Crippen LogP contribution in [-0.4, -0.2) is 22.7 Å². The number of ether oxygens (including phenoxy) is 3. The summed E-state index contributed by atoms with van der Waals surface area (Å²) in [4.78, 5) is 12.4. The molecule has 0 spiro atoms. The second kappa shape index (κ2) is 8.87. The van der Waals surface area contributed by atoms with Gasteiger partial charge in [-0.05, 0) is 54.8 Å². The molecule has 1 saturated heterocycles. The van der Waals surface area contributed by atoms with E-state index in [0.717, 1.165) is 31.4 Å². The number of halogens is 1. The Morgan fingerprint density at radius 1 is 1.07 bits per heavy atom. The lowest BCUT2D eigenvalue weighted by molar-refractivity contribution is -0.105. The topological polar surface area (TPSA) is 62.6 Å².